The first-order valence-corrected chi connectivity index (χ1v) is 9.17. The van der Waals surface area contributed by atoms with Gasteiger partial charge in [-0.1, -0.05) is 41.9 Å². The molecule has 0 spiro atoms. The molecule has 0 fully saturated rings. The van der Waals surface area contributed by atoms with Crippen molar-refractivity contribution >= 4 is 34.3 Å². The number of hydrogen-bond acceptors (Lipinski definition) is 4. The molecule has 0 aromatic heterocycles. The first-order valence-electron chi connectivity index (χ1n) is 8.38. The van der Waals surface area contributed by atoms with Crippen LogP contribution in [0.1, 0.15) is 35.3 Å². The van der Waals surface area contributed by atoms with E-state index in [0.29, 0.717) is 12.2 Å². The van der Waals surface area contributed by atoms with E-state index in [9.17, 15) is 4.79 Å². The van der Waals surface area contributed by atoms with Crippen LogP contribution in [0.2, 0.25) is 0 Å². The van der Waals surface area contributed by atoms with Gasteiger partial charge in [-0.25, -0.2) is 4.79 Å². The average molecular weight is 443 g/mol. The van der Waals surface area contributed by atoms with Gasteiger partial charge in [-0.3, -0.25) is 4.90 Å². The van der Waals surface area contributed by atoms with Gasteiger partial charge in [0.1, 0.15) is 12.4 Å². The Hall–Kier alpha value is -1.56. The maximum absolute atomic E-state index is 11.6. The molecule has 0 saturated carbocycles. The third-order valence-electron chi connectivity index (χ3n) is 4.05. The minimum absolute atomic E-state index is 0. The second kappa shape index (κ2) is 11.2. The zero-order valence-corrected chi connectivity index (χ0v) is 17.7. The van der Waals surface area contributed by atoms with Gasteiger partial charge in [-0.2, -0.15) is 0 Å². The fourth-order valence-electron chi connectivity index (χ4n) is 2.57. The second-order valence-corrected chi connectivity index (χ2v) is 6.61. The number of carbonyl (C=O) groups is 1. The van der Waals surface area contributed by atoms with Gasteiger partial charge in [0.05, 0.1) is 12.7 Å². The molecule has 0 bridgehead atoms. The average Bonchev–Trinajstić information content (AvgIpc) is 2.64. The van der Waals surface area contributed by atoms with E-state index >= 15 is 0 Å². The summed E-state index contributed by atoms with van der Waals surface area (Å²) in [6, 6.07) is 13.4. The fourth-order valence-corrected chi connectivity index (χ4v) is 2.98. The first-order chi connectivity index (χ1) is 12.1. The Balaban J connectivity index is 0.00000338. The Morgan fingerprint density at radius 1 is 1.12 bits per heavy atom. The molecule has 0 aliphatic rings. The van der Waals surface area contributed by atoms with Gasteiger partial charge in [0.2, 0.25) is 0 Å². The summed E-state index contributed by atoms with van der Waals surface area (Å²) in [5.74, 6) is 0.520. The number of hydrogen-bond donors (Lipinski definition) is 0. The fraction of sp³-hybridized carbons (Fsp3) is 0.350. The molecule has 0 heterocycles. The number of carbonyl (C=O) groups excluding carboxylic acids is 1. The van der Waals surface area contributed by atoms with Crippen molar-refractivity contribution in [1.82, 2.24) is 4.90 Å². The minimum atomic E-state index is -0.340. The van der Waals surface area contributed by atoms with Crippen molar-refractivity contribution < 1.29 is 14.3 Å². The molecule has 0 atom stereocenters. The molecule has 6 heteroatoms. The number of halogens is 2. The Bertz CT molecular complexity index is 720. The zero-order chi connectivity index (χ0) is 18.2. The highest BCUT2D eigenvalue weighted by Crippen LogP contribution is 2.25. The summed E-state index contributed by atoms with van der Waals surface area (Å²) in [6.45, 7) is 7.52. The highest BCUT2D eigenvalue weighted by molar-refractivity contribution is 9.10. The second-order valence-electron chi connectivity index (χ2n) is 5.69. The molecule has 0 radical (unpaired) electrons. The first kappa shape index (κ1) is 22.5. The molecule has 0 aliphatic heterocycles. The van der Waals surface area contributed by atoms with Crippen molar-refractivity contribution in [3.8, 4) is 5.75 Å². The number of methoxy groups -OCH3 is 1. The molecule has 0 unspecified atom stereocenters. The molecule has 2 rings (SSSR count). The van der Waals surface area contributed by atoms with Gasteiger partial charge in [-0.15, -0.1) is 12.4 Å². The smallest absolute Gasteiger partial charge is 0.337 e. The van der Waals surface area contributed by atoms with Crippen molar-refractivity contribution in [2.75, 3.05) is 20.2 Å². The van der Waals surface area contributed by atoms with Gasteiger partial charge in [0, 0.05) is 16.6 Å². The largest absolute Gasteiger partial charge is 0.489 e. The Morgan fingerprint density at radius 2 is 1.85 bits per heavy atom. The Labute approximate surface area is 170 Å². The molecule has 142 valence electrons. The number of esters is 1. The van der Waals surface area contributed by atoms with E-state index in [2.05, 4.69) is 40.7 Å². The number of ether oxygens (including phenoxy) is 2. The molecule has 0 saturated heterocycles. The number of rotatable bonds is 8. The van der Waals surface area contributed by atoms with Crippen LogP contribution in [0.5, 0.6) is 5.75 Å². The molecule has 2 aromatic rings. The Morgan fingerprint density at radius 3 is 2.50 bits per heavy atom. The highest BCUT2D eigenvalue weighted by Gasteiger charge is 2.10. The summed E-state index contributed by atoms with van der Waals surface area (Å²) >= 11 is 3.53. The van der Waals surface area contributed by atoms with Gasteiger partial charge < -0.3 is 9.47 Å². The van der Waals surface area contributed by atoms with Crippen molar-refractivity contribution in [2.24, 2.45) is 0 Å². The highest BCUT2D eigenvalue weighted by atomic mass is 79.9. The van der Waals surface area contributed by atoms with E-state index in [1.807, 2.05) is 24.3 Å². The predicted octanol–water partition coefficient (Wildman–Crippen LogP) is 5.08. The maximum Gasteiger partial charge on any atom is 0.337 e. The van der Waals surface area contributed by atoms with Crippen LogP contribution in [0.4, 0.5) is 0 Å². The summed E-state index contributed by atoms with van der Waals surface area (Å²) in [7, 11) is 1.38. The lowest BCUT2D eigenvalue weighted by Gasteiger charge is -2.20. The molecule has 0 aliphatic carbocycles. The van der Waals surface area contributed by atoms with Crippen LogP contribution in [0.25, 0.3) is 0 Å². The Kier molecular flexibility index (Phi) is 9.70. The molecule has 2 aromatic carbocycles. The van der Waals surface area contributed by atoms with Crippen molar-refractivity contribution in [3.63, 3.8) is 0 Å². The lowest BCUT2D eigenvalue weighted by Crippen LogP contribution is -2.22. The van der Waals surface area contributed by atoms with E-state index in [1.165, 1.54) is 7.11 Å². The van der Waals surface area contributed by atoms with Crippen LogP contribution in [0.15, 0.2) is 46.9 Å². The lowest BCUT2D eigenvalue weighted by molar-refractivity contribution is 0.0600. The SMILES string of the molecule is CCN(CC)Cc1cc(Br)ccc1OCc1cccc(C(=O)OC)c1.Cl. The third kappa shape index (κ3) is 6.31. The van der Waals surface area contributed by atoms with E-state index in [0.717, 1.165) is 41.0 Å². The van der Waals surface area contributed by atoms with Gasteiger partial charge in [0.25, 0.3) is 0 Å². The van der Waals surface area contributed by atoms with E-state index in [1.54, 1.807) is 12.1 Å². The summed E-state index contributed by atoms with van der Waals surface area (Å²) < 4.78 is 11.8. The molecular formula is C20H25BrClNO3. The van der Waals surface area contributed by atoms with Crippen molar-refractivity contribution in [1.29, 1.82) is 0 Å². The van der Waals surface area contributed by atoms with E-state index < -0.39 is 0 Å². The number of benzene rings is 2. The topological polar surface area (TPSA) is 38.8 Å². The van der Waals surface area contributed by atoms with Gasteiger partial charge in [-0.05, 0) is 49.0 Å². The van der Waals surface area contributed by atoms with Crippen LogP contribution in [-0.4, -0.2) is 31.1 Å². The number of nitrogens with zero attached hydrogens (tertiary/aromatic N) is 1. The minimum Gasteiger partial charge on any atom is -0.489 e. The normalized spacial score (nSPS) is 10.3. The van der Waals surface area contributed by atoms with Crippen molar-refractivity contribution in [2.45, 2.75) is 27.0 Å². The zero-order valence-electron chi connectivity index (χ0n) is 15.3. The standard InChI is InChI=1S/C20H24BrNO3.ClH/c1-4-22(5-2)13-17-12-18(21)9-10-19(17)25-14-15-7-6-8-16(11-15)20(23)24-3;/h6-12H,4-5,13-14H2,1-3H3;1H. The van der Waals surface area contributed by atoms with Crippen LogP contribution in [-0.2, 0) is 17.9 Å². The van der Waals surface area contributed by atoms with Crippen molar-refractivity contribution in [3.05, 3.63) is 63.6 Å². The third-order valence-corrected chi connectivity index (χ3v) is 4.55. The predicted molar refractivity (Wildman–Crippen MR) is 110 cm³/mol. The summed E-state index contributed by atoms with van der Waals surface area (Å²) in [5, 5.41) is 0. The van der Waals surface area contributed by atoms with Crippen LogP contribution in [0, 0.1) is 0 Å². The van der Waals surface area contributed by atoms with E-state index in [-0.39, 0.29) is 18.4 Å². The quantitative estimate of drug-likeness (QED) is 0.535. The van der Waals surface area contributed by atoms with Crippen LogP contribution in [0.3, 0.4) is 0 Å². The summed E-state index contributed by atoms with van der Waals surface area (Å²) in [6.07, 6.45) is 0. The maximum atomic E-state index is 11.6. The molecular weight excluding hydrogens is 418 g/mol. The molecule has 26 heavy (non-hydrogen) atoms. The van der Waals surface area contributed by atoms with E-state index in [4.69, 9.17) is 9.47 Å². The lowest BCUT2D eigenvalue weighted by atomic mass is 10.1. The van der Waals surface area contributed by atoms with Gasteiger partial charge >= 0.3 is 5.97 Å². The molecule has 0 amide bonds. The van der Waals surface area contributed by atoms with Crippen LogP contribution >= 0.6 is 28.3 Å². The molecule has 4 nitrogen and oxygen atoms in total. The van der Waals surface area contributed by atoms with Gasteiger partial charge in [0.15, 0.2) is 0 Å². The monoisotopic (exact) mass is 441 g/mol. The summed E-state index contributed by atoms with van der Waals surface area (Å²) in [4.78, 5) is 14.0. The molecule has 0 N–H and O–H groups in total. The summed E-state index contributed by atoms with van der Waals surface area (Å²) in [5.41, 5.74) is 2.60. The van der Waals surface area contributed by atoms with Crippen LogP contribution < -0.4 is 4.74 Å².